The zero-order chi connectivity index (χ0) is 25.8. The number of benzene rings is 3. The maximum atomic E-state index is 14.4. The molecule has 0 spiro atoms. The van der Waals surface area contributed by atoms with Crippen LogP contribution in [0.3, 0.4) is 0 Å². The lowest BCUT2D eigenvalue weighted by molar-refractivity contribution is -0.200. The Kier molecular flexibility index (Phi) is 7.94. The van der Waals surface area contributed by atoms with Crippen molar-refractivity contribution in [2.75, 3.05) is 11.4 Å². The van der Waals surface area contributed by atoms with E-state index < -0.39 is 42.9 Å². The first-order valence-corrected chi connectivity index (χ1v) is 10.6. The Morgan fingerprint density at radius 1 is 0.886 bits per heavy atom. The number of anilines is 1. The Hall–Kier alpha value is -3.27. The molecule has 0 fully saturated rings. The summed E-state index contributed by atoms with van der Waals surface area (Å²) in [6, 6.07) is 14.9. The van der Waals surface area contributed by atoms with Crippen LogP contribution in [0.15, 0.2) is 66.7 Å². The van der Waals surface area contributed by atoms with Crippen LogP contribution in [0, 0.1) is 5.82 Å². The second kappa shape index (κ2) is 10.6. The van der Waals surface area contributed by atoms with Crippen molar-refractivity contribution in [3.8, 4) is 11.5 Å². The molecule has 0 heterocycles. The molecule has 0 aliphatic heterocycles. The van der Waals surface area contributed by atoms with E-state index in [1.807, 2.05) is 19.1 Å². The lowest BCUT2D eigenvalue weighted by atomic mass is 10.1. The molecule has 0 saturated heterocycles. The van der Waals surface area contributed by atoms with Gasteiger partial charge in [0.05, 0.1) is 12.1 Å². The molecule has 0 bridgehead atoms. The molecule has 3 rings (SSSR count). The van der Waals surface area contributed by atoms with Gasteiger partial charge in [-0.15, -0.1) is 0 Å². The van der Waals surface area contributed by atoms with Crippen LogP contribution in [0.5, 0.6) is 11.5 Å². The lowest BCUT2D eigenvalue weighted by Crippen LogP contribution is -2.41. The van der Waals surface area contributed by atoms with Crippen LogP contribution in [0.25, 0.3) is 0 Å². The Bertz CT molecular complexity index is 1150. The maximum absolute atomic E-state index is 14.4. The largest absolute Gasteiger partial charge is 0.457 e. The minimum atomic E-state index is -4.95. The predicted molar refractivity (Wildman–Crippen MR) is 117 cm³/mol. The zero-order valence-electron chi connectivity index (χ0n) is 18.5. The number of hydrogen-bond donors (Lipinski definition) is 1. The molecule has 10 heteroatoms. The molecule has 1 N–H and O–H groups in total. The highest BCUT2D eigenvalue weighted by Gasteiger charge is 2.39. The molecule has 3 nitrogen and oxygen atoms in total. The molecule has 0 saturated carbocycles. The van der Waals surface area contributed by atoms with Gasteiger partial charge in [-0.3, -0.25) is 0 Å². The summed E-state index contributed by atoms with van der Waals surface area (Å²) in [6.07, 6.45) is -11.8. The summed E-state index contributed by atoms with van der Waals surface area (Å²) in [5, 5.41) is 9.65. The first-order valence-electron chi connectivity index (χ1n) is 10.6. The van der Waals surface area contributed by atoms with E-state index in [1.165, 1.54) is 18.2 Å². The van der Waals surface area contributed by atoms with Gasteiger partial charge in [-0.05, 0) is 42.3 Å². The summed E-state index contributed by atoms with van der Waals surface area (Å²) in [5.74, 6) is -0.402. The molecule has 3 aromatic rings. The fourth-order valence-electron chi connectivity index (χ4n) is 3.40. The lowest BCUT2D eigenvalue weighted by Gasteiger charge is -2.29. The molecule has 0 radical (unpaired) electrons. The highest BCUT2D eigenvalue weighted by molar-refractivity contribution is 5.53. The summed E-state index contributed by atoms with van der Waals surface area (Å²) in [5.41, 5.74) is -0.436. The standard InChI is InChI=1S/C25H22F7NO2/c1-2-16-6-3-4-9-22(16)35-20-8-5-7-19(13-20)33(15-23(34)25(30,31)32)14-17-10-11-18(12-21(17)26)24(27,28)29/h3-13,23,34H,2,14-15H2,1H3. The number of halogens is 7. The van der Waals surface area contributed by atoms with Gasteiger partial charge in [-0.25, -0.2) is 4.39 Å². The summed E-state index contributed by atoms with van der Waals surface area (Å²) in [7, 11) is 0. The Labute approximate surface area is 197 Å². The van der Waals surface area contributed by atoms with Gasteiger partial charge >= 0.3 is 12.4 Å². The third kappa shape index (κ3) is 6.88. The van der Waals surface area contributed by atoms with Gasteiger partial charge in [-0.2, -0.15) is 26.3 Å². The SMILES string of the molecule is CCc1ccccc1Oc1cccc(N(Cc2ccc(C(F)(F)F)cc2F)CC(O)C(F)(F)F)c1. The highest BCUT2D eigenvalue weighted by atomic mass is 19.4. The fourth-order valence-corrected chi connectivity index (χ4v) is 3.40. The second-order valence-electron chi connectivity index (χ2n) is 7.80. The molecule has 1 atom stereocenters. The van der Waals surface area contributed by atoms with Crippen LogP contribution >= 0.6 is 0 Å². The Balaban J connectivity index is 1.93. The molecule has 0 aliphatic rings. The van der Waals surface area contributed by atoms with E-state index >= 15 is 0 Å². The number of para-hydroxylation sites is 1. The molecule has 0 amide bonds. The molecule has 1 unspecified atom stereocenters. The van der Waals surface area contributed by atoms with Gasteiger partial charge in [0.15, 0.2) is 6.10 Å². The molecule has 3 aromatic carbocycles. The van der Waals surface area contributed by atoms with E-state index in [1.54, 1.807) is 18.2 Å². The van der Waals surface area contributed by atoms with Crippen LogP contribution in [-0.2, 0) is 19.1 Å². The number of ether oxygens (including phenoxy) is 1. The fraction of sp³-hybridized carbons (Fsp3) is 0.280. The van der Waals surface area contributed by atoms with Gasteiger partial charge in [0, 0.05) is 23.9 Å². The van der Waals surface area contributed by atoms with Crippen molar-refractivity contribution in [2.24, 2.45) is 0 Å². The van der Waals surface area contributed by atoms with Crippen molar-refractivity contribution in [2.45, 2.75) is 38.3 Å². The Morgan fingerprint density at radius 3 is 2.23 bits per heavy atom. The number of aryl methyl sites for hydroxylation is 1. The maximum Gasteiger partial charge on any atom is 0.416 e. The number of aliphatic hydroxyl groups excluding tert-OH is 1. The minimum absolute atomic E-state index is 0.152. The van der Waals surface area contributed by atoms with Crippen molar-refractivity contribution in [1.29, 1.82) is 0 Å². The normalized spacial score (nSPS) is 12.9. The number of alkyl halides is 6. The first kappa shape index (κ1) is 26.3. The molecule has 0 aromatic heterocycles. The van der Waals surface area contributed by atoms with E-state index in [2.05, 4.69) is 0 Å². The highest BCUT2D eigenvalue weighted by Crippen LogP contribution is 2.33. The number of rotatable bonds is 8. The summed E-state index contributed by atoms with van der Waals surface area (Å²) < 4.78 is 98.1. The quantitative estimate of drug-likeness (QED) is 0.334. The van der Waals surface area contributed by atoms with E-state index in [9.17, 15) is 35.8 Å². The van der Waals surface area contributed by atoms with Crippen molar-refractivity contribution < 1.29 is 40.6 Å². The molecular formula is C25H22F7NO2. The van der Waals surface area contributed by atoms with Gasteiger partial charge in [0.25, 0.3) is 0 Å². The summed E-state index contributed by atoms with van der Waals surface area (Å²) in [4.78, 5) is 1.03. The average molecular weight is 501 g/mol. The van der Waals surface area contributed by atoms with Crippen LogP contribution in [0.4, 0.5) is 36.4 Å². The van der Waals surface area contributed by atoms with Gasteiger partial charge in [0.2, 0.25) is 0 Å². The summed E-state index contributed by atoms with van der Waals surface area (Å²) >= 11 is 0. The van der Waals surface area contributed by atoms with Crippen LogP contribution in [-0.4, -0.2) is 23.9 Å². The average Bonchev–Trinajstić information content (AvgIpc) is 2.79. The minimum Gasteiger partial charge on any atom is -0.457 e. The third-order valence-corrected chi connectivity index (χ3v) is 5.28. The van der Waals surface area contributed by atoms with E-state index in [0.717, 1.165) is 16.5 Å². The Morgan fingerprint density at radius 2 is 1.60 bits per heavy atom. The van der Waals surface area contributed by atoms with E-state index in [-0.39, 0.29) is 23.1 Å². The number of aliphatic hydroxyl groups is 1. The van der Waals surface area contributed by atoms with Gasteiger partial charge in [0.1, 0.15) is 17.3 Å². The smallest absolute Gasteiger partial charge is 0.416 e. The van der Waals surface area contributed by atoms with Gasteiger partial charge < -0.3 is 14.7 Å². The van der Waals surface area contributed by atoms with Crippen molar-refractivity contribution >= 4 is 5.69 Å². The van der Waals surface area contributed by atoms with Crippen LogP contribution < -0.4 is 9.64 Å². The zero-order valence-corrected chi connectivity index (χ0v) is 18.5. The summed E-state index contributed by atoms with van der Waals surface area (Å²) in [6.45, 7) is 0.433. The van der Waals surface area contributed by atoms with Crippen molar-refractivity contribution in [3.63, 3.8) is 0 Å². The second-order valence-corrected chi connectivity index (χ2v) is 7.80. The van der Waals surface area contributed by atoms with Gasteiger partial charge in [-0.1, -0.05) is 37.3 Å². The third-order valence-electron chi connectivity index (χ3n) is 5.28. The molecule has 35 heavy (non-hydrogen) atoms. The molecule has 188 valence electrons. The van der Waals surface area contributed by atoms with Crippen molar-refractivity contribution in [1.82, 2.24) is 0 Å². The van der Waals surface area contributed by atoms with Crippen molar-refractivity contribution in [3.05, 3.63) is 89.2 Å². The van der Waals surface area contributed by atoms with Crippen LogP contribution in [0.1, 0.15) is 23.6 Å². The topological polar surface area (TPSA) is 32.7 Å². The predicted octanol–water partition coefficient (Wildman–Crippen LogP) is 7.13. The van der Waals surface area contributed by atoms with E-state index in [0.29, 0.717) is 18.2 Å². The number of nitrogens with zero attached hydrogens (tertiary/aromatic N) is 1. The van der Waals surface area contributed by atoms with Crippen LogP contribution in [0.2, 0.25) is 0 Å². The molecule has 0 aliphatic carbocycles. The van der Waals surface area contributed by atoms with E-state index in [4.69, 9.17) is 4.74 Å². The molecular weight excluding hydrogens is 479 g/mol. The number of hydrogen-bond acceptors (Lipinski definition) is 3. The first-order chi connectivity index (χ1) is 16.4. The monoisotopic (exact) mass is 501 g/mol.